The first-order chi connectivity index (χ1) is 15.1. The Morgan fingerprint density at radius 3 is 2.45 bits per heavy atom. The highest BCUT2D eigenvalue weighted by Gasteiger charge is 2.27. The van der Waals surface area contributed by atoms with Gasteiger partial charge in [0.25, 0.3) is 0 Å². The first-order valence-electron chi connectivity index (χ1n) is 10.9. The van der Waals surface area contributed by atoms with Crippen LogP contribution in [-0.4, -0.2) is 34.1 Å². The molecule has 0 N–H and O–H groups in total. The number of benzene rings is 2. The zero-order valence-corrected chi connectivity index (χ0v) is 18.2. The Labute approximate surface area is 183 Å². The van der Waals surface area contributed by atoms with E-state index < -0.39 is 0 Å². The third-order valence-corrected chi connectivity index (χ3v) is 5.93. The lowest BCUT2D eigenvalue weighted by atomic mass is 9.93. The van der Waals surface area contributed by atoms with Crippen molar-refractivity contribution in [2.75, 3.05) is 7.11 Å². The molecule has 0 saturated heterocycles. The first-order valence-corrected chi connectivity index (χ1v) is 10.9. The molecule has 31 heavy (non-hydrogen) atoms. The van der Waals surface area contributed by atoms with Crippen molar-refractivity contribution in [1.29, 1.82) is 0 Å². The van der Waals surface area contributed by atoms with Crippen LogP contribution in [-0.2, 0) is 17.8 Å². The van der Waals surface area contributed by atoms with Gasteiger partial charge in [-0.15, -0.1) is 0 Å². The normalized spacial score (nSPS) is 14.4. The van der Waals surface area contributed by atoms with E-state index in [0.29, 0.717) is 24.7 Å². The molecule has 1 aromatic heterocycles. The molecule has 0 radical (unpaired) electrons. The van der Waals surface area contributed by atoms with Crippen LogP contribution >= 0.6 is 0 Å². The van der Waals surface area contributed by atoms with Crippen molar-refractivity contribution in [3.05, 3.63) is 65.5 Å². The van der Waals surface area contributed by atoms with Crippen LogP contribution in [0.3, 0.4) is 0 Å². The molecule has 0 aliphatic heterocycles. The van der Waals surface area contributed by atoms with Crippen molar-refractivity contribution in [1.82, 2.24) is 15.0 Å². The third-order valence-electron chi connectivity index (χ3n) is 5.93. The van der Waals surface area contributed by atoms with Gasteiger partial charge in [-0.25, -0.2) is 0 Å². The second-order valence-electron chi connectivity index (χ2n) is 8.22. The Kier molecular flexibility index (Phi) is 6.65. The third kappa shape index (κ3) is 5.32. The number of aromatic nitrogens is 2. The fourth-order valence-electron chi connectivity index (χ4n) is 4.12. The molecule has 6 heteroatoms. The molecule has 1 fully saturated rings. The summed E-state index contributed by atoms with van der Waals surface area (Å²) in [6.07, 6.45) is 5.92. The maximum atomic E-state index is 13.3. The molecule has 4 rings (SSSR count). The summed E-state index contributed by atoms with van der Waals surface area (Å²) < 4.78 is 10.7. The minimum Gasteiger partial charge on any atom is -0.497 e. The first kappa shape index (κ1) is 21.1. The van der Waals surface area contributed by atoms with Gasteiger partial charge < -0.3 is 14.2 Å². The Bertz CT molecular complexity index is 990. The summed E-state index contributed by atoms with van der Waals surface area (Å²) in [5.41, 5.74) is 3.06. The van der Waals surface area contributed by atoms with Gasteiger partial charge in [0.05, 0.1) is 13.5 Å². The smallest absolute Gasteiger partial charge is 0.246 e. The van der Waals surface area contributed by atoms with E-state index in [1.54, 1.807) is 7.11 Å². The number of hydrogen-bond acceptors (Lipinski definition) is 5. The maximum absolute atomic E-state index is 13.3. The summed E-state index contributed by atoms with van der Waals surface area (Å²) in [5, 5.41) is 4.14. The van der Waals surface area contributed by atoms with Crippen LogP contribution in [0.5, 0.6) is 5.75 Å². The van der Waals surface area contributed by atoms with E-state index in [1.165, 1.54) is 12.0 Å². The number of rotatable bonds is 7. The van der Waals surface area contributed by atoms with Crippen molar-refractivity contribution < 1.29 is 14.1 Å². The Morgan fingerprint density at radius 2 is 1.77 bits per heavy atom. The van der Waals surface area contributed by atoms with Gasteiger partial charge in [0.1, 0.15) is 12.3 Å². The van der Waals surface area contributed by atoms with Crippen LogP contribution < -0.4 is 4.74 Å². The Hall–Kier alpha value is -3.15. The summed E-state index contributed by atoms with van der Waals surface area (Å²) in [6, 6.07) is 15.9. The average molecular weight is 420 g/mol. The molecule has 2 aromatic carbocycles. The molecular formula is C25H29N3O3. The van der Waals surface area contributed by atoms with E-state index in [-0.39, 0.29) is 11.9 Å². The number of carbonyl (C=O) groups is 1. The number of amides is 1. The van der Waals surface area contributed by atoms with Crippen molar-refractivity contribution in [3.63, 3.8) is 0 Å². The van der Waals surface area contributed by atoms with Crippen LogP contribution in [0.25, 0.3) is 11.4 Å². The van der Waals surface area contributed by atoms with Crippen molar-refractivity contribution >= 4 is 5.91 Å². The van der Waals surface area contributed by atoms with Gasteiger partial charge in [0, 0.05) is 11.6 Å². The van der Waals surface area contributed by atoms with Gasteiger partial charge in [-0.05, 0) is 37.5 Å². The van der Waals surface area contributed by atoms with Crippen LogP contribution in [0, 0.1) is 6.92 Å². The Morgan fingerprint density at radius 1 is 1.06 bits per heavy atom. The zero-order chi connectivity index (χ0) is 21.6. The van der Waals surface area contributed by atoms with E-state index in [0.717, 1.165) is 42.6 Å². The fourth-order valence-corrected chi connectivity index (χ4v) is 4.12. The van der Waals surface area contributed by atoms with Crippen LogP contribution in [0.2, 0.25) is 0 Å². The lowest BCUT2D eigenvalue weighted by Crippen LogP contribution is -2.41. The highest BCUT2D eigenvalue weighted by atomic mass is 16.5. The molecule has 1 amide bonds. The number of nitrogens with zero attached hydrogens (tertiary/aromatic N) is 3. The molecule has 6 nitrogen and oxygen atoms in total. The summed E-state index contributed by atoms with van der Waals surface area (Å²) in [5.74, 6) is 1.91. The minimum atomic E-state index is 0.0900. The van der Waals surface area contributed by atoms with Crippen molar-refractivity contribution in [3.8, 4) is 17.1 Å². The summed E-state index contributed by atoms with van der Waals surface area (Å²) in [6.45, 7) is 2.39. The Balaban J connectivity index is 1.50. The van der Waals surface area contributed by atoms with E-state index in [9.17, 15) is 4.79 Å². The predicted octanol–water partition coefficient (Wildman–Crippen LogP) is 4.96. The van der Waals surface area contributed by atoms with E-state index in [1.807, 2.05) is 60.4 Å². The quantitative estimate of drug-likeness (QED) is 0.542. The molecule has 0 spiro atoms. The monoisotopic (exact) mass is 419 g/mol. The second kappa shape index (κ2) is 9.77. The molecule has 0 atom stereocenters. The molecule has 1 aliphatic rings. The lowest BCUT2D eigenvalue weighted by Gasteiger charge is -2.33. The topological polar surface area (TPSA) is 68.5 Å². The van der Waals surface area contributed by atoms with Crippen LogP contribution in [0.15, 0.2) is 53.1 Å². The molecule has 0 bridgehead atoms. The van der Waals surface area contributed by atoms with E-state index >= 15 is 0 Å². The zero-order valence-electron chi connectivity index (χ0n) is 18.2. The van der Waals surface area contributed by atoms with Gasteiger partial charge >= 0.3 is 0 Å². The number of aryl methyl sites for hydroxylation is 1. The van der Waals surface area contributed by atoms with Gasteiger partial charge in [-0.2, -0.15) is 4.98 Å². The molecular weight excluding hydrogens is 390 g/mol. The summed E-state index contributed by atoms with van der Waals surface area (Å²) in [4.78, 5) is 19.8. The lowest BCUT2D eigenvalue weighted by molar-refractivity contribution is -0.134. The second-order valence-corrected chi connectivity index (χ2v) is 8.22. The predicted molar refractivity (Wildman–Crippen MR) is 119 cm³/mol. The van der Waals surface area contributed by atoms with Gasteiger partial charge in [-0.3, -0.25) is 4.79 Å². The maximum Gasteiger partial charge on any atom is 0.246 e. The highest BCUT2D eigenvalue weighted by molar-refractivity contribution is 5.79. The molecule has 162 valence electrons. The molecule has 1 saturated carbocycles. The number of hydrogen-bond donors (Lipinski definition) is 0. The van der Waals surface area contributed by atoms with Crippen LogP contribution in [0.4, 0.5) is 0 Å². The van der Waals surface area contributed by atoms with Crippen molar-refractivity contribution in [2.45, 2.75) is 58.0 Å². The molecule has 1 heterocycles. The number of ether oxygens (including phenoxy) is 1. The minimum absolute atomic E-state index is 0.0900. The fraction of sp³-hybridized carbons (Fsp3) is 0.400. The summed E-state index contributed by atoms with van der Waals surface area (Å²) in [7, 11) is 1.64. The van der Waals surface area contributed by atoms with Gasteiger partial charge in [0.2, 0.25) is 17.6 Å². The number of carbonyl (C=O) groups excluding carboxylic acids is 1. The van der Waals surface area contributed by atoms with Gasteiger partial charge in [-0.1, -0.05) is 66.4 Å². The standard InChI is InChI=1S/C25H29N3O3/c1-18-8-12-20(13-9-18)25-26-23(31-27-25)17-28(21-6-4-3-5-7-21)24(29)16-19-10-14-22(30-2)15-11-19/h8-15,21H,3-7,16-17H2,1-2H3. The van der Waals surface area contributed by atoms with Crippen molar-refractivity contribution in [2.24, 2.45) is 0 Å². The highest BCUT2D eigenvalue weighted by Crippen LogP contribution is 2.26. The van der Waals surface area contributed by atoms with E-state index in [2.05, 4.69) is 10.1 Å². The van der Waals surface area contributed by atoms with Crippen LogP contribution in [0.1, 0.15) is 49.1 Å². The average Bonchev–Trinajstić information content (AvgIpc) is 3.28. The molecule has 0 unspecified atom stereocenters. The molecule has 3 aromatic rings. The molecule has 1 aliphatic carbocycles. The number of methoxy groups -OCH3 is 1. The largest absolute Gasteiger partial charge is 0.497 e. The SMILES string of the molecule is COc1ccc(CC(=O)N(Cc2nc(-c3ccc(C)cc3)no2)C2CCCCC2)cc1. The van der Waals surface area contributed by atoms with Gasteiger partial charge in [0.15, 0.2) is 0 Å². The summed E-state index contributed by atoms with van der Waals surface area (Å²) >= 11 is 0. The van der Waals surface area contributed by atoms with E-state index in [4.69, 9.17) is 9.26 Å².